The molecule has 2 N–H and O–H groups in total. The lowest BCUT2D eigenvalue weighted by Crippen LogP contribution is -2.42. The van der Waals surface area contributed by atoms with E-state index in [9.17, 15) is 5.11 Å². The maximum absolute atomic E-state index is 9.78. The molecule has 10 nitrogen and oxygen atoms in total. The maximum Gasteiger partial charge on any atom is 0.230 e. The highest BCUT2D eigenvalue weighted by Gasteiger charge is 2.22. The van der Waals surface area contributed by atoms with Gasteiger partial charge >= 0.3 is 0 Å². The normalized spacial score (nSPS) is 16.1. The van der Waals surface area contributed by atoms with Crippen LogP contribution in [0.5, 0.6) is 0 Å². The van der Waals surface area contributed by atoms with Gasteiger partial charge < -0.3 is 24.8 Å². The van der Waals surface area contributed by atoms with Crippen molar-refractivity contribution in [2.45, 2.75) is 31.8 Å². The first-order chi connectivity index (χ1) is 16.0. The van der Waals surface area contributed by atoms with Gasteiger partial charge in [0.05, 0.1) is 24.4 Å². The Morgan fingerprint density at radius 1 is 1.12 bits per heavy atom. The molecule has 10 heteroatoms. The number of nitrogens with zero attached hydrogens (tertiary/aromatic N) is 8. The number of fused-ring (bicyclic) bond motifs is 3. The lowest BCUT2D eigenvalue weighted by atomic mass is 10.0. The number of piperidine rings is 1. The summed E-state index contributed by atoms with van der Waals surface area (Å²) in [5, 5.41) is 23.6. The summed E-state index contributed by atoms with van der Waals surface area (Å²) in [7, 11) is 4.28. The molecule has 0 spiro atoms. The van der Waals surface area contributed by atoms with E-state index in [0.717, 1.165) is 53.7 Å². The van der Waals surface area contributed by atoms with Gasteiger partial charge in [0.25, 0.3) is 0 Å². The van der Waals surface area contributed by atoms with Crippen LogP contribution in [-0.4, -0.2) is 79.6 Å². The van der Waals surface area contributed by atoms with Crippen LogP contribution in [0.3, 0.4) is 0 Å². The Morgan fingerprint density at radius 2 is 1.94 bits per heavy atom. The third-order valence-electron chi connectivity index (χ3n) is 6.46. The summed E-state index contributed by atoms with van der Waals surface area (Å²) >= 11 is 0. The molecule has 5 heterocycles. The topological polar surface area (TPSA) is 108 Å². The Kier molecular flexibility index (Phi) is 5.77. The molecule has 4 aromatic rings. The Balaban J connectivity index is 1.38. The summed E-state index contributed by atoms with van der Waals surface area (Å²) in [5.41, 5.74) is 1.66. The van der Waals surface area contributed by atoms with Crippen LogP contribution in [0.2, 0.25) is 0 Å². The number of aromatic nitrogens is 6. The fourth-order valence-corrected chi connectivity index (χ4v) is 4.54. The van der Waals surface area contributed by atoms with E-state index in [1.807, 2.05) is 29.7 Å². The van der Waals surface area contributed by atoms with Crippen molar-refractivity contribution in [1.29, 1.82) is 0 Å². The minimum atomic E-state index is -0.146. The van der Waals surface area contributed by atoms with Gasteiger partial charge in [-0.2, -0.15) is 4.98 Å². The number of nitrogens with one attached hydrogen (secondary N) is 1. The minimum absolute atomic E-state index is 0.000727. The molecule has 0 bridgehead atoms. The molecule has 1 atom stereocenters. The van der Waals surface area contributed by atoms with Crippen molar-refractivity contribution in [2.24, 2.45) is 0 Å². The quantitative estimate of drug-likeness (QED) is 0.461. The molecule has 5 rings (SSSR count). The molecular formula is C23H29N9O. The number of pyridine rings is 1. The SMILES string of the molecule is C[C@H](CO)n1c2cnccc2c2cnc(Nc3ccc(N4CCC(N(C)C)CC4)nn3)nc21. The molecule has 33 heavy (non-hydrogen) atoms. The molecular weight excluding hydrogens is 418 g/mol. The van der Waals surface area contributed by atoms with Gasteiger partial charge in [-0.1, -0.05) is 0 Å². The molecule has 1 saturated heterocycles. The third kappa shape index (κ3) is 4.07. The van der Waals surface area contributed by atoms with Crippen LogP contribution >= 0.6 is 0 Å². The summed E-state index contributed by atoms with van der Waals surface area (Å²) in [6, 6.07) is 6.32. The van der Waals surface area contributed by atoms with Gasteiger partial charge in [-0.3, -0.25) is 4.98 Å². The van der Waals surface area contributed by atoms with Gasteiger partial charge in [-0.15, -0.1) is 10.2 Å². The maximum atomic E-state index is 9.78. The monoisotopic (exact) mass is 447 g/mol. The van der Waals surface area contributed by atoms with Gasteiger partial charge in [0.15, 0.2) is 11.6 Å². The molecule has 4 aromatic heterocycles. The zero-order chi connectivity index (χ0) is 22.9. The number of hydrogen-bond acceptors (Lipinski definition) is 9. The smallest absolute Gasteiger partial charge is 0.230 e. The van der Waals surface area contributed by atoms with Crippen molar-refractivity contribution in [1.82, 2.24) is 34.6 Å². The lowest BCUT2D eigenvalue weighted by molar-refractivity contribution is 0.243. The summed E-state index contributed by atoms with van der Waals surface area (Å²) in [4.78, 5) is 18.0. The molecule has 0 amide bonds. The van der Waals surface area contributed by atoms with Crippen LogP contribution in [0.25, 0.3) is 21.9 Å². The van der Waals surface area contributed by atoms with Crippen LogP contribution in [0, 0.1) is 0 Å². The van der Waals surface area contributed by atoms with Gasteiger partial charge in [0.1, 0.15) is 5.65 Å². The first-order valence-corrected chi connectivity index (χ1v) is 11.3. The summed E-state index contributed by atoms with van der Waals surface area (Å²) in [5.74, 6) is 1.90. The molecule has 0 radical (unpaired) electrons. The largest absolute Gasteiger partial charge is 0.394 e. The number of aliphatic hydroxyl groups excluding tert-OH is 1. The highest BCUT2D eigenvalue weighted by atomic mass is 16.3. The van der Waals surface area contributed by atoms with E-state index < -0.39 is 0 Å². The van der Waals surface area contributed by atoms with Crippen molar-refractivity contribution in [2.75, 3.05) is 44.0 Å². The molecule has 0 aliphatic carbocycles. The Hall–Kier alpha value is -3.37. The number of aliphatic hydroxyl groups is 1. The van der Waals surface area contributed by atoms with Crippen molar-refractivity contribution in [3.8, 4) is 0 Å². The van der Waals surface area contributed by atoms with Crippen LogP contribution in [0.4, 0.5) is 17.6 Å². The summed E-state index contributed by atoms with van der Waals surface area (Å²) in [6.07, 6.45) is 7.59. The fraction of sp³-hybridized carbons (Fsp3) is 0.435. The zero-order valence-corrected chi connectivity index (χ0v) is 19.2. The standard InChI is InChI=1S/C23H29N9O/c1-15(14-33)32-19-13-24-9-6-17(19)18-12-25-23(27-22(18)32)26-20-4-5-21(29-28-20)31-10-7-16(8-11-31)30(2)3/h4-6,9,12-13,15-16,33H,7-8,10-11,14H2,1-3H3,(H,25,26,27,28)/t15-/m1/s1. The average molecular weight is 448 g/mol. The second-order valence-corrected chi connectivity index (χ2v) is 8.81. The second kappa shape index (κ2) is 8.87. The number of rotatable bonds is 6. The number of hydrogen-bond donors (Lipinski definition) is 2. The van der Waals surface area contributed by atoms with E-state index in [4.69, 9.17) is 4.98 Å². The van der Waals surface area contributed by atoms with Crippen molar-refractivity contribution < 1.29 is 5.11 Å². The van der Waals surface area contributed by atoms with Crippen LogP contribution < -0.4 is 10.2 Å². The Morgan fingerprint density at radius 3 is 2.64 bits per heavy atom. The van der Waals surface area contributed by atoms with Crippen molar-refractivity contribution in [3.05, 3.63) is 36.8 Å². The minimum Gasteiger partial charge on any atom is -0.394 e. The van der Waals surface area contributed by atoms with Crippen molar-refractivity contribution in [3.63, 3.8) is 0 Å². The predicted octanol–water partition coefficient (Wildman–Crippen LogP) is 2.60. The highest BCUT2D eigenvalue weighted by molar-refractivity contribution is 6.06. The van der Waals surface area contributed by atoms with Gasteiger partial charge in [-0.05, 0) is 52.1 Å². The predicted molar refractivity (Wildman–Crippen MR) is 129 cm³/mol. The van der Waals surface area contributed by atoms with E-state index in [1.54, 1.807) is 18.6 Å². The highest BCUT2D eigenvalue weighted by Crippen LogP contribution is 2.30. The second-order valence-electron chi connectivity index (χ2n) is 8.81. The lowest BCUT2D eigenvalue weighted by Gasteiger charge is -2.35. The zero-order valence-electron chi connectivity index (χ0n) is 19.2. The summed E-state index contributed by atoms with van der Waals surface area (Å²) in [6.45, 7) is 3.91. The van der Waals surface area contributed by atoms with E-state index in [2.05, 4.69) is 49.4 Å². The van der Waals surface area contributed by atoms with E-state index >= 15 is 0 Å². The fourth-order valence-electron chi connectivity index (χ4n) is 4.54. The van der Waals surface area contributed by atoms with Gasteiger partial charge in [0.2, 0.25) is 5.95 Å². The number of anilines is 3. The van der Waals surface area contributed by atoms with Crippen molar-refractivity contribution >= 4 is 39.5 Å². The third-order valence-corrected chi connectivity index (χ3v) is 6.46. The van der Waals surface area contributed by atoms with Gasteiger partial charge in [0, 0.05) is 42.3 Å². The average Bonchev–Trinajstić information content (AvgIpc) is 3.18. The van der Waals surface area contributed by atoms with E-state index in [-0.39, 0.29) is 12.6 Å². The first-order valence-electron chi connectivity index (χ1n) is 11.3. The molecule has 1 aliphatic heterocycles. The molecule has 1 aliphatic rings. The van der Waals surface area contributed by atoms with Gasteiger partial charge in [-0.25, -0.2) is 4.98 Å². The molecule has 172 valence electrons. The summed E-state index contributed by atoms with van der Waals surface area (Å²) < 4.78 is 2.00. The Bertz CT molecular complexity index is 1250. The van der Waals surface area contributed by atoms with Crippen LogP contribution in [0.1, 0.15) is 25.8 Å². The Labute approximate surface area is 192 Å². The molecule has 0 saturated carbocycles. The van der Waals surface area contributed by atoms with E-state index in [1.165, 1.54) is 0 Å². The van der Waals surface area contributed by atoms with Crippen LogP contribution in [0.15, 0.2) is 36.8 Å². The first kappa shape index (κ1) is 21.5. The van der Waals surface area contributed by atoms with E-state index in [0.29, 0.717) is 17.8 Å². The molecule has 1 fully saturated rings. The van der Waals surface area contributed by atoms with Crippen LogP contribution in [-0.2, 0) is 0 Å². The molecule has 0 unspecified atom stereocenters. The molecule has 0 aromatic carbocycles.